The molecule has 5 aliphatic rings. The Balaban J connectivity index is 1.25. The molecule has 9 nitrogen and oxygen atoms in total. The standard InChI is InChI=1S/C21H35N5O4S/c1-21(7-8-21)23-31(29,30)16-5-6-18-17(9-16)19(27)26(20(28)24(18)2)13-15-10-22-25(12-15)11-14-3-4-14/h14-18,22-23H,3-13H2,1-2H3. The summed E-state index contributed by atoms with van der Waals surface area (Å²) in [6, 6.07) is -0.441. The van der Waals surface area contributed by atoms with Crippen molar-refractivity contribution in [2.45, 2.75) is 68.7 Å². The smallest absolute Gasteiger partial charge is 0.324 e. The third-order valence-corrected chi connectivity index (χ3v) is 9.99. The van der Waals surface area contributed by atoms with Crippen LogP contribution in [0.15, 0.2) is 0 Å². The molecule has 4 unspecified atom stereocenters. The Kier molecular flexibility index (Phi) is 5.35. The first-order chi connectivity index (χ1) is 14.7. The fourth-order valence-corrected chi connectivity index (χ4v) is 7.43. The van der Waals surface area contributed by atoms with Crippen molar-refractivity contribution in [3.05, 3.63) is 0 Å². The monoisotopic (exact) mass is 453 g/mol. The van der Waals surface area contributed by atoms with Gasteiger partial charge >= 0.3 is 6.03 Å². The van der Waals surface area contributed by atoms with E-state index in [-0.39, 0.29) is 29.4 Å². The maximum absolute atomic E-state index is 13.4. The van der Waals surface area contributed by atoms with E-state index < -0.39 is 21.2 Å². The molecule has 174 valence electrons. The number of urea groups is 1. The van der Waals surface area contributed by atoms with Crippen LogP contribution < -0.4 is 10.1 Å². The van der Waals surface area contributed by atoms with Gasteiger partial charge < -0.3 is 4.90 Å². The molecular weight excluding hydrogens is 418 g/mol. The Labute approximate surface area is 184 Å². The zero-order valence-corrected chi connectivity index (χ0v) is 19.4. The Morgan fingerprint density at radius 1 is 1.10 bits per heavy atom. The molecule has 3 aliphatic carbocycles. The van der Waals surface area contributed by atoms with E-state index in [1.54, 1.807) is 11.9 Å². The molecule has 2 N–H and O–H groups in total. The van der Waals surface area contributed by atoms with Gasteiger partial charge in [0.15, 0.2) is 0 Å². The number of rotatable bonds is 7. The van der Waals surface area contributed by atoms with Crippen LogP contribution in [-0.4, -0.2) is 85.2 Å². The molecule has 3 saturated carbocycles. The fourth-order valence-electron chi connectivity index (χ4n) is 5.47. The fraction of sp³-hybridized carbons (Fsp3) is 0.905. The predicted octanol–water partition coefficient (Wildman–Crippen LogP) is 0.736. The first-order valence-electron chi connectivity index (χ1n) is 11.7. The van der Waals surface area contributed by atoms with Crippen LogP contribution in [-0.2, 0) is 14.8 Å². The van der Waals surface area contributed by atoms with Crippen molar-refractivity contribution in [3.63, 3.8) is 0 Å². The first kappa shape index (κ1) is 21.6. The molecule has 0 aromatic heterocycles. The summed E-state index contributed by atoms with van der Waals surface area (Å²) in [5.74, 6) is 0.355. The molecule has 31 heavy (non-hydrogen) atoms. The summed E-state index contributed by atoms with van der Waals surface area (Å²) in [6.45, 7) is 4.96. The highest BCUT2D eigenvalue weighted by Gasteiger charge is 2.51. The molecule has 2 heterocycles. The SMILES string of the molecule is CN1C(=O)N(CC2CNN(CC3CC3)C2)C(=O)C2CC(S(=O)(=O)NC3(C)CC3)CCC21. The lowest BCUT2D eigenvalue weighted by Gasteiger charge is -2.47. The van der Waals surface area contributed by atoms with E-state index in [0.29, 0.717) is 25.8 Å². The number of hydrogen-bond donors (Lipinski definition) is 2. The van der Waals surface area contributed by atoms with Gasteiger partial charge in [-0.2, -0.15) is 0 Å². The molecule has 0 aromatic rings. The van der Waals surface area contributed by atoms with Crippen molar-refractivity contribution in [2.75, 3.05) is 33.2 Å². The number of sulfonamides is 1. The van der Waals surface area contributed by atoms with Crippen LogP contribution in [0.2, 0.25) is 0 Å². The third-order valence-electron chi connectivity index (χ3n) is 7.90. The average Bonchev–Trinajstić information content (AvgIpc) is 3.63. The van der Waals surface area contributed by atoms with E-state index in [9.17, 15) is 18.0 Å². The van der Waals surface area contributed by atoms with E-state index in [1.807, 2.05) is 6.92 Å². The number of amides is 3. The Morgan fingerprint density at radius 3 is 2.52 bits per heavy atom. The largest absolute Gasteiger partial charge is 0.326 e. The van der Waals surface area contributed by atoms with Gasteiger partial charge in [0.1, 0.15) is 0 Å². The number of hydrogen-bond acceptors (Lipinski definition) is 6. The molecule has 3 amide bonds. The van der Waals surface area contributed by atoms with Crippen molar-refractivity contribution >= 4 is 22.0 Å². The van der Waals surface area contributed by atoms with Crippen molar-refractivity contribution in [2.24, 2.45) is 17.8 Å². The number of fused-ring (bicyclic) bond motifs is 1. The Bertz CT molecular complexity index is 856. The van der Waals surface area contributed by atoms with Crippen LogP contribution in [0.5, 0.6) is 0 Å². The van der Waals surface area contributed by atoms with E-state index in [1.165, 1.54) is 17.7 Å². The predicted molar refractivity (Wildman–Crippen MR) is 115 cm³/mol. The lowest BCUT2D eigenvalue weighted by molar-refractivity contribution is -0.140. The van der Waals surface area contributed by atoms with Crippen molar-refractivity contribution < 1.29 is 18.0 Å². The van der Waals surface area contributed by atoms with Crippen LogP contribution in [0, 0.1) is 17.8 Å². The molecule has 0 bridgehead atoms. The van der Waals surface area contributed by atoms with Crippen LogP contribution in [0.1, 0.15) is 51.9 Å². The van der Waals surface area contributed by atoms with Gasteiger partial charge in [-0.3, -0.25) is 15.1 Å². The number of carbonyl (C=O) groups excluding carboxylic acids is 2. The number of nitrogens with zero attached hydrogens (tertiary/aromatic N) is 3. The lowest BCUT2D eigenvalue weighted by Crippen LogP contribution is -2.63. The summed E-state index contributed by atoms with van der Waals surface area (Å²) in [5.41, 5.74) is 3.09. The quantitative estimate of drug-likeness (QED) is 0.589. The highest BCUT2D eigenvalue weighted by molar-refractivity contribution is 7.90. The zero-order valence-electron chi connectivity index (χ0n) is 18.5. The summed E-state index contributed by atoms with van der Waals surface area (Å²) in [4.78, 5) is 29.4. The molecule has 0 aromatic carbocycles. The molecule has 5 fully saturated rings. The van der Waals surface area contributed by atoms with Crippen LogP contribution >= 0.6 is 0 Å². The van der Waals surface area contributed by atoms with Gasteiger partial charge in [0.05, 0.1) is 11.2 Å². The molecule has 4 atom stereocenters. The summed E-state index contributed by atoms with van der Waals surface area (Å²) in [6.07, 6.45) is 5.63. The highest BCUT2D eigenvalue weighted by atomic mass is 32.2. The van der Waals surface area contributed by atoms with Crippen LogP contribution in [0.25, 0.3) is 0 Å². The normalized spacial score (nSPS) is 36.1. The van der Waals surface area contributed by atoms with E-state index in [0.717, 1.165) is 38.4 Å². The van der Waals surface area contributed by atoms with Crippen molar-refractivity contribution in [3.8, 4) is 0 Å². The number of hydrazine groups is 1. The minimum Gasteiger partial charge on any atom is -0.324 e. The first-order valence-corrected chi connectivity index (χ1v) is 13.3. The van der Waals surface area contributed by atoms with Gasteiger partial charge in [-0.05, 0) is 57.8 Å². The number of imide groups is 1. The van der Waals surface area contributed by atoms with E-state index in [2.05, 4.69) is 15.2 Å². The van der Waals surface area contributed by atoms with Gasteiger partial charge in [-0.25, -0.2) is 22.9 Å². The molecule has 0 spiro atoms. The zero-order chi connectivity index (χ0) is 22.0. The third kappa shape index (κ3) is 4.36. The van der Waals surface area contributed by atoms with Gasteiger partial charge in [-0.15, -0.1) is 0 Å². The Morgan fingerprint density at radius 2 is 1.84 bits per heavy atom. The van der Waals surface area contributed by atoms with Gasteiger partial charge in [0, 0.05) is 50.7 Å². The molecule has 5 rings (SSSR count). The minimum atomic E-state index is -3.48. The second-order valence-electron chi connectivity index (χ2n) is 10.7. The van der Waals surface area contributed by atoms with Crippen molar-refractivity contribution in [1.29, 1.82) is 0 Å². The van der Waals surface area contributed by atoms with Gasteiger partial charge in [0.25, 0.3) is 0 Å². The topological polar surface area (TPSA) is 102 Å². The second kappa shape index (κ2) is 7.67. The highest BCUT2D eigenvalue weighted by Crippen LogP contribution is 2.40. The maximum atomic E-state index is 13.4. The second-order valence-corrected chi connectivity index (χ2v) is 12.7. The molecular formula is C21H35N5O4S. The van der Waals surface area contributed by atoms with Gasteiger partial charge in [-0.1, -0.05) is 0 Å². The number of carbonyl (C=O) groups is 2. The summed E-state index contributed by atoms with van der Waals surface area (Å²) < 4.78 is 28.7. The minimum absolute atomic E-state index is 0.189. The lowest BCUT2D eigenvalue weighted by atomic mass is 9.81. The Hall–Kier alpha value is -1.23. The summed E-state index contributed by atoms with van der Waals surface area (Å²) in [7, 11) is -1.72. The van der Waals surface area contributed by atoms with Crippen LogP contribution in [0.4, 0.5) is 4.79 Å². The number of nitrogens with one attached hydrogen (secondary N) is 2. The van der Waals surface area contributed by atoms with E-state index >= 15 is 0 Å². The van der Waals surface area contributed by atoms with Gasteiger partial charge in [0.2, 0.25) is 15.9 Å². The van der Waals surface area contributed by atoms with Crippen LogP contribution in [0.3, 0.4) is 0 Å². The molecule has 10 heteroatoms. The van der Waals surface area contributed by atoms with E-state index in [4.69, 9.17) is 0 Å². The molecule has 0 radical (unpaired) electrons. The molecule has 2 aliphatic heterocycles. The average molecular weight is 454 g/mol. The van der Waals surface area contributed by atoms with Crippen molar-refractivity contribution in [1.82, 2.24) is 25.0 Å². The molecule has 2 saturated heterocycles. The summed E-state index contributed by atoms with van der Waals surface area (Å²) in [5, 5.41) is 1.65. The maximum Gasteiger partial charge on any atom is 0.326 e. The summed E-state index contributed by atoms with van der Waals surface area (Å²) >= 11 is 0.